The van der Waals surface area contributed by atoms with Crippen molar-refractivity contribution in [3.63, 3.8) is 0 Å². The monoisotopic (exact) mass is 293 g/mol. The van der Waals surface area contributed by atoms with E-state index in [0.29, 0.717) is 28.0 Å². The maximum Gasteiger partial charge on any atom is 0.328 e. The number of nitrogens with zero attached hydrogens (tertiary/aromatic N) is 1. The summed E-state index contributed by atoms with van der Waals surface area (Å²) in [4.78, 5) is 14.8. The summed E-state index contributed by atoms with van der Waals surface area (Å²) >= 11 is 6.06. The fraction of sp³-hybridized carbons (Fsp3) is 0.143. The Morgan fingerprint density at radius 3 is 2.55 bits per heavy atom. The number of benzene rings is 1. The zero-order chi connectivity index (χ0) is 14.7. The average Bonchev–Trinajstić information content (AvgIpc) is 2.43. The highest BCUT2D eigenvalue weighted by molar-refractivity contribution is 6.31. The summed E-state index contributed by atoms with van der Waals surface area (Å²) in [7, 11) is 3.08. The highest BCUT2D eigenvalue weighted by Gasteiger charge is 2.12. The number of pyridine rings is 1. The van der Waals surface area contributed by atoms with E-state index in [9.17, 15) is 4.79 Å². The van der Waals surface area contributed by atoms with Gasteiger partial charge in [0, 0.05) is 17.0 Å². The van der Waals surface area contributed by atoms with E-state index in [0.717, 1.165) is 6.08 Å². The first-order valence-corrected chi connectivity index (χ1v) is 6.07. The fourth-order valence-corrected chi connectivity index (χ4v) is 2.02. The topological polar surface area (TPSA) is 68.7 Å². The predicted molar refractivity (Wildman–Crippen MR) is 76.5 cm³/mol. The summed E-state index contributed by atoms with van der Waals surface area (Å²) < 4.78 is 10.5. The van der Waals surface area contributed by atoms with Crippen molar-refractivity contribution in [2.75, 3.05) is 14.2 Å². The van der Waals surface area contributed by atoms with Gasteiger partial charge in [-0.3, -0.25) is 0 Å². The van der Waals surface area contributed by atoms with Gasteiger partial charge in [0.25, 0.3) is 0 Å². The standard InChI is InChI=1S/C14H12ClNO4/c1-19-10-4-5-11(20-2)13-9(10)7-8(14(15)16-13)3-6-12(17)18/h3-7H,1-2H3,(H,17,18)/b6-3+. The van der Waals surface area contributed by atoms with Gasteiger partial charge in [0.05, 0.1) is 14.2 Å². The number of fused-ring (bicyclic) bond motifs is 1. The molecule has 0 aliphatic carbocycles. The van der Waals surface area contributed by atoms with E-state index in [1.165, 1.54) is 13.2 Å². The number of carboxylic acid groups (broad SMARTS) is 1. The molecule has 0 amide bonds. The van der Waals surface area contributed by atoms with E-state index < -0.39 is 5.97 Å². The van der Waals surface area contributed by atoms with Crippen LogP contribution >= 0.6 is 11.6 Å². The maximum absolute atomic E-state index is 10.6. The Labute approximate surface area is 120 Å². The van der Waals surface area contributed by atoms with Crippen LogP contribution in [0.25, 0.3) is 17.0 Å². The van der Waals surface area contributed by atoms with Crippen molar-refractivity contribution in [2.45, 2.75) is 0 Å². The molecule has 0 bridgehead atoms. The van der Waals surface area contributed by atoms with Gasteiger partial charge >= 0.3 is 5.97 Å². The first-order valence-electron chi connectivity index (χ1n) is 5.69. The lowest BCUT2D eigenvalue weighted by Crippen LogP contribution is -1.94. The molecule has 104 valence electrons. The highest BCUT2D eigenvalue weighted by atomic mass is 35.5. The molecule has 0 atom stereocenters. The second-order valence-corrected chi connectivity index (χ2v) is 4.26. The summed E-state index contributed by atoms with van der Waals surface area (Å²) in [6, 6.07) is 5.20. The van der Waals surface area contributed by atoms with Crippen LogP contribution in [-0.4, -0.2) is 30.3 Å². The van der Waals surface area contributed by atoms with Crippen LogP contribution in [0.4, 0.5) is 0 Å². The molecule has 0 aliphatic rings. The van der Waals surface area contributed by atoms with E-state index in [-0.39, 0.29) is 5.15 Å². The van der Waals surface area contributed by atoms with Gasteiger partial charge in [-0.2, -0.15) is 0 Å². The van der Waals surface area contributed by atoms with E-state index in [1.54, 1.807) is 25.3 Å². The summed E-state index contributed by atoms with van der Waals surface area (Å²) in [5, 5.41) is 9.56. The number of carboxylic acids is 1. The maximum atomic E-state index is 10.6. The summed E-state index contributed by atoms with van der Waals surface area (Å²) in [6.45, 7) is 0. The Morgan fingerprint density at radius 2 is 1.95 bits per heavy atom. The van der Waals surface area contributed by atoms with Crippen LogP contribution in [0.15, 0.2) is 24.3 Å². The molecular weight excluding hydrogens is 282 g/mol. The third-order valence-electron chi connectivity index (χ3n) is 2.73. The Kier molecular flexibility index (Phi) is 4.10. The van der Waals surface area contributed by atoms with Crippen molar-refractivity contribution in [2.24, 2.45) is 0 Å². The molecule has 0 saturated carbocycles. The van der Waals surface area contributed by atoms with Gasteiger partial charge in [-0.25, -0.2) is 9.78 Å². The largest absolute Gasteiger partial charge is 0.496 e. The van der Waals surface area contributed by atoms with Crippen LogP contribution < -0.4 is 9.47 Å². The minimum absolute atomic E-state index is 0.196. The van der Waals surface area contributed by atoms with Crippen molar-refractivity contribution < 1.29 is 19.4 Å². The van der Waals surface area contributed by atoms with Crippen molar-refractivity contribution in [1.29, 1.82) is 0 Å². The third-order valence-corrected chi connectivity index (χ3v) is 3.04. The Hall–Kier alpha value is -2.27. The van der Waals surface area contributed by atoms with Crippen molar-refractivity contribution in [3.8, 4) is 11.5 Å². The van der Waals surface area contributed by atoms with Gasteiger partial charge in [-0.1, -0.05) is 11.6 Å². The zero-order valence-corrected chi connectivity index (χ0v) is 11.6. The molecule has 2 rings (SSSR count). The van der Waals surface area contributed by atoms with Crippen LogP contribution in [0, 0.1) is 0 Å². The molecule has 0 spiro atoms. The van der Waals surface area contributed by atoms with Gasteiger partial charge in [0.1, 0.15) is 22.2 Å². The Morgan fingerprint density at radius 1 is 1.30 bits per heavy atom. The SMILES string of the molecule is COc1ccc(OC)c2nc(Cl)c(/C=C/C(=O)O)cc12. The number of aliphatic carboxylic acids is 1. The molecule has 0 unspecified atom stereocenters. The molecule has 20 heavy (non-hydrogen) atoms. The van der Waals surface area contributed by atoms with Crippen molar-refractivity contribution in [1.82, 2.24) is 4.98 Å². The first kappa shape index (κ1) is 14.1. The molecule has 0 saturated heterocycles. The van der Waals surface area contributed by atoms with Crippen LogP contribution in [-0.2, 0) is 4.79 Å². The Balaban J connectivity index is 2.70. The number of ether oxygens (including phenoxy) is 2. The number of carbonyl (C=O) groups is 1. The second kappa shape index (κ2) is 5.79. The zero-order valence-electron chi connectivity index (χ0n) is 10.9. The number of aromatic nitrogens is 1. The molecule has 5 nitrogen and oxygen atoms in total. The molecule has 0 radical (unpaired) electrons. The van der Waals surface area contributed by atoms with Crippen LogP contribution in [0.2, 0.25) is 5.15 Å². The fourth-order valence-electron chi connectivity index (χ4n) is 1.82. The van der Waals surface area contributed by atoms with Crippen LogP contribution in [0.3, 0.4) is 0 Å². The molecule has 1 N–H and O–H groups in total. The molecule has 2 aromatic rings. The lowest BCUT2D eigenvalue weighted by atomic mass is 10.1. The lowest BCUT2D eigenvalue weighted by molar-refractivity contribution is -0.131. The van der Waals surface area contributed by atoms with Gasteiger partial charge < -0.3 is 14.6 Å². The predicted octanol–water partition coefficient (Wildman–Crippen LogP) is 3.00. The van der Waals surface area contributed by atoms with E-state index >= 15 is 0 Å². The minimum atomic E-state index is -1.06. The van der Waals surface area contributed by atoms with Crippen LogP contribution in [0.5, 0.6) is 11.5 Å². The van der Waals surface area contributed by atoms with Gasteiger partial charge in [-0.15, -0.1) is 0 Å². The molecule has 6 heteroatoms. The average molecular weight is 294 g/mol. The number of methoxy groups -OCH3 is 2. The molecule has 1 heterocycles. The van der Waals surface area contributed by atoms with E-state index in [1.807, 2.05) is 0 Å². The number of rotatable bonds is 4. The lowest BCUT2D eigenvalue weighted by Gasteiger charge is -2.10. The normalized spacial score (nSPS) is 10.9. The van der Waals surface area contributed by atoms with Crippen molar-refractivity contribution >= 4 is 34.5 Å². The summed E-state index contributed by atoms with van der Waals surface area (Å²) in [6.07, 6.45) is 2.39. The van der Waals surface area contributed by atoms with Crippen molar-refractivity contribution in [3.05, 3.63) is 35.0 Å². The molecule has 1 aromatic carbocycles. The molecular formula is C14H12ClNO4. The van der Waals surface area contributed by atoms with Gasteiger partial charge in [0.15, 0.2) is 0 Å². The highest BCUT2D eigenvalue weighted by Crippen LogP contribution is 2.34. The van der Waals surface area contributed by atoms with Gasteiger partial charge in [0.2, 0.25) is 0 Å². The number of hydrogen-bond donors (Lipinski definition) is 1. The molecule has 0 fully saturated rings. The smallest absolute Gasteiger partial charge is 0.328 e. The third kappa shape index (κ3) is 2.67. The number of hydrogen-bond acceptors (Lipinski definition) is 4. The minimum Gasteiger partial charge on any atom is -0.496 e. The summed E-state index contributed by atoms with van der Waals surface area (Å²) in [5.74, 6) is 0.116. The van der Waals surface area contributed by atoms with Crippen LogP contribution in [0.1, 0.15) is 5.56 Å². The second-order valence-electron chi connectivity index (χ2n) is 3.91. The quantitative estimate of drug-likeness (QED) is 0.693. The first-order chi connectivity index (χ1) is 9.56. The van der Waals surface area contributed by atoms with E-state index in [4.69, 9.17) is 26.2 Å². The van der Waals surface area contributed by atoms with E-state index in [2.05, 4.69) is 4.98 Å². The Bertz CT molecular complexity index is 697. The molecule has 1 aromatic heterocycles. The summed E-state index contributed by atoms with van der Waals surface area (Å²) in [5.41, 5.74) is 1.05. The number of halogens is 1. The molecule has 0 aliphatic heterocycles. The van der Waals surface area contributed by atoms with Gasteiger partial charge in [-0.05, 0) is 24.3 Å².